The Morgan fingerprint density at radius 3 is 2.36 bits per heavy atom. The Balaban J connectivity index is 1.80. The molecule has 0 bridgehead atoms. The van der Waals surface area contributed by atoms with Gasteiger partial charge in [0.15, 0.2) is 11.5 Å². The molecule has 2 unspecified atom stereocenters. The Kier molecular flexibility index (Phi) is 8.20. The fraction of sp³-hybridized carbons (Fsp3) is 0.481. The van der Waals surface area contributed by atoms with Crippen LogP contribution in [-0.2, 0) is 16.0 Å². The number of benzene rings is 2. The summed E-state index contributed by atoms with van der Waals surface area (Å²) in [5.74, 6) is 1.06. The van der Waals surface area contributed by atoms with Crippen LogP contribution < -0.4 is 14.4 Å². The van der Waals surface area contributed by atoms with Crippen molar-refractivity contribution in [1.29, 1.82) is 0 Å². The second-order valence-corrected chi connectivity index (χ2v) is 8.93. The van der Waals surface area contributed by atoms with Crippen molar-refractivity contribution in [3.05, 3.63) is 53.6 Å². The number of hydrogen-bond donors (Lipinski definition) is 0. The number of methoxy groups -OCH3 is 2. The third kappa shape index (κ3) is 5.21. The highest BCUT2D eigenvalue weighted by Gasteiger charge is 2.41. The quantitative estimate of drug-likeness (QED) is 0.587. The molecule has 2 aliphatic heterocycles. The Bertz CT molecular complexity index is 1060. The van der Waals surface area contributed by atoms with Crippen LogP contribution in [0.5, 0.6) is 11.5 Å². The number of urea groups is 1. The van der Waals surface area contributed by atoms with Crippen LogP contribution in [-0.4, -0.2) is 75.1 Å². The van der Waals surface area contributed by atoms with Gasteiger partial charge < -0.3 is 23.8 Å². The maximum Gasteiger partial charge on any atom is 0.410 e. The van der Waals surface area contributed by atoms with E-state index in [0.29, 0.717) is 56.5 Å². The van der Waals surface area contributed by atoms with Gasteiger partial charge in [-0.05, 0) is 31.9 Å². The van der Waals surface area contributed by atoms with Gasteiger partial charge in [-0.1, -0.05) is 30.3 Å². The lowest BCUT2D eigenvalue weighted by Gasteiger charge is -2.45. The first-order valence-corrected chi connectivity index (χ1v) is 12.4. The number of nitrogens with zero attached hydrogens (tertiary/aromatic N) is 3. The molecule has 1 fully saturated rings. The molecule has 9 nitrogen and oxygen atoms in total. The molecule has 0 radical (unpaired) electrons. The largest absolute Gasteiger partial charge is 0.493 e. The minimum absolute atomic E-state index is 0.0801. The monoisotopic (exact) mass is 497 g/mol. The highest BCUT2D eigenvalue weighted by Crippen LogP contribution is 2.46. The average molecular weight is 498 g/mol. The van der Waals surface area contributed by atoms with Crippen molar-refractivity contribution >= 4 is 17.8 Å². The zero-order chi connectivity index (χ0) is 25.7. The van der Waals surface area contributed by atoms with Crippen LogP contribution in [0.1, 0.15) is 37.4 Å². The van der Waals surface area contributed by atoms with E-state index in [9.17, 15) is 9.59 Å². The zero-order valence-electron chi connectivity index (χ0n) is 21.4. The number of fused-ring (bicyclic) bond motifs is 1. The summed E-state index contributed by atoms with van der Waals surface area (Å²) in [5, 5.41) is 0. The van der Waals surface area contributed by atoms with Crippen LogP contribution >= 0.6 is 0 Å². The molecule has 2 atom stereocenters. The Labute approximate surface area is 212 Å². The summed E-state index contributed by atoms with van der Waals surface area (Å²) in [7, 11) is 3.15. The Hall–Kier alpha value is -3.46. The molecule has 194 valence electrons. The maximum absolute atomic E-state index is 13.7. The molecule has 2 heterocycles. The van der Waals surface area contributed by atoms with Crippen LogP contribution in [0.25, 0.3) is 0 Å². The van der Waals surface area contributed by atoms with Gasteiger partial charge in [0.05, 0.1) is 45.8 Å². The van der Waals surface area contributed by atoms with Crippen molar-refractivity contribution in [3.63, 3.8) is 0 Å². The molecule has 2 aromatic carbocycles. The lowest BCUT2D eigenvalue weighted by atomic mass is 9.90. The molecule has 2 aliphatic rings. The van der Waals surface area contributed by atoms with Crippen molar-refractivity contribution in [2.24, 2.45) is 0 Å². The number of ether oxygens (including phenoxy) is 4. The number of hydrogen-bond acceptors (Lipinski definition) is 6. The van der Waals surface area contributed by atoms with E-state index in [1.54, 1.807) is 26.0 Å². The van der Waals surface area contributed by atoms with Gasteiger partial charge in [0.2, 0.25) is 0 Å². The first-order valence-electron chi connectivity index (χ1n) is 12.4. The summed E-state index contributed by atoms with van der Waals surface area (Å²) in [5.41, 5.74) is 2.51. The Morgan fingerprint density at radius 2 is 1.72 bits per heavy atom. The highest BCUT2D eigenvalue weighted by molar-refractivity contribution is 5.95. The summed E-state index contributed by atoms with van der Waals surface area (Å²) in [6, 6.07) is 12.9. The molecule has 0 aliphatic carbocycles. The van der Waals surface area contributed by atoms with Gasteiger partial charge >= 0.3 is 12.1 Å². The van der Waals surface area contributed by atoms with Gasteiger partial charge in [-0.25, -0.2) is 9.59 Å². The first-order chi connectivity index (χ1) is 17.5. The molecule has 2 aromatic rings. The average Bonchev–Trinajstić information content (AvgIpc) is 2.91. The van der Waals surface area contributed by atoms with Gasteiger partial charge in [0.1, 0.15) is 0 Å². The number of anilines is 1. The van der Waals surface area contributed by atoms with E-state index in [1.165, 1.54) is 0 Å². The number of rotatable bonds is 6. The predicted molar refractivity (Wildman–Crippen MR) is 136 cm³/mol. The third-order valence-corrected chi connectivity index (χ3v) is 6.72. The lowest BCUT2D eigenvalue weighted by molar-refractivity contribution is 0.0536. The molecular formula is C27H35N3O6. The van der Waals surface area contributed by atoms with Crippen LogP contribution in [0.3, 0.4) is 0 Å². The topological polar surface area (TPSA) is 80.8 Å². The zero-order valence-corrected chi connectivity index (χ0v) is 21.4. The summed E-state index contributed by atoms with van der Waals surface area (Å²) in [6.07, 6.45) is 0.150. The molecule has 0 N–H and O–H groups in total. The maximum atomic E-state index is 13.7. The molecule has 0 saturated carbocycles. The van der Waals surface area contributed by atoms with E-state index in [1.807, 2.05) is 59.2 Å². The number of morpholine rings is 1. The minimum Gasteiger partial charge on any atom is -0.493 e. The molecule has 36 heavy (non-hydrogen) atoms. The van der Waals surface area contributed by atoms with E-state index in [-0.39, 0.29) is 24.7 Å². The van der Waals surface area contributed by atoms with Crippen molar-refractivity contribution in [3.8, 4) is 11.5 Å². The van der Waals surface area contributed by atoms with Crippen molar-refractivity contribution in [1.82, 2.24) is 9.80 Å². The number of carbonyl (C=O) groups is 2. The van der Waals surface area contributed by atoms with Crippen LogP contribution in [0.4, 0.5) is 15.3 Å². The van der Waals surface area contributed by atoms with Crippen LogP contribution in [0.2, 0.25) is 0 Å². The normalized spacial score (nSPS) is 19.3. The van der Waals surface area contributed by atoms with E-state index in [2.05, 4.69) is 0 Å². The standard InChI is InChI=1S/C27H35N3O6/c1-5-36-27(32)29(18-20-9-7-6-8-10-20)22-15-19(2)30(26(31)28-11-13-35-14-12-28)23-17-25(34-4)24(33-3)16-21(22)23/h6-10,16-17,19,22H,5,11-15,18H2,1-4H3. The Morgan fingerprint density at radius 1 is 1.06 bits per heavy atom. The van der Waals surface area contributed by atoms with E-state index >= 15 is 0 Å². The third-order valence-electron chi connectivity index (χ3n) is 6.72. The van der Waals surface area contributed by atoms with Gasteiger partial charge in [-0.15, -0.1) is 0 Å². The SMILES string of the molecule is CCOC(=O)N(Cc1ccccc1)C1CC(C)N(C(=O)N2CCOCC2)c2cc(OC)c(OC)cc21. The summed E-state index contributed by atoms with van der Waals surface area (Å²) in [6.45, 7) is 6.57. The van der Waals surface area contributed by atoms with Gasteiger partial charge in [-0.3, -0.25) is 9.80 Å². The molecule has 0 aromatic heterocycles. The van der Waals surface area contributed by atoms with E-state index in [0.717, 1.165) is 11.1 Å². The lowest BCUT2D eigenvalue weighted by Crippen LogP contribution is -2.54. The summed E-state index contributed by atoms with van der Waals surface area (Å²) in [4.78, 5) is 32.3. The number of carbonyl (C=O) groups excluding carboxylic acids is 2. The fourth-order valence-electron chi connectivity index (χ4n) is 4.93. The van der Waals surface area contributed by atoms with Crippen molar-refractivity contribution < 1.29 is 28.5 Å². The van der Waals surface area contributed by atoms with Crippen molar-refractivity contribution in [2.45, 2.75) is 38.9 Å². The van der Waals surface area contributed by atoms with Gasteiger partial charge in [-0.2, -0.15) is 0 Å². The molecule has 4 rings (SSSR count). The van der Waals surface area contributed by atoms with E-state index in [4.69, 9.17) is 18.9 Å². The minimum atomic E-state index is -0.396. The summed E-state index contributed by atoms with van der Waals surface area (Å²) >= 11 is 0. The smallest absolute Gasteiger partial charge is 0.410 e. The van der Waals surface area contributed by atoms with Gasteiger partial charge in [0, 0.05) is 37.3 Å². The highest BCUT2D eigenvalue weighted by atomic mass is 16.6. The molecular weight excluding hydrogens is 462 g/mol. The summed E-state index contributed by atoms with van der Waals surface area (Å²) < 4.78 is 22.1. The molecule has 9 heteroatoms. The van der Waals surface area contributed by atoms with Crippen LogP contribution in [0, 0.1) is 0 Å². The molecule has 0 spiro atoms. The second kappa shape index (κ2) is 11.5. The molecule has 1 saturated heterocycles. The van der Waals surface area contributed by atoms with Gasteiger partial charge in [0.25, 0.3) is 0 Å². The van der Waals surface area contributed by atoms with Crippen LogP contribution in [0.15, 0.2) is 42.5 Å². The van der Waals surface area contributed by atoms with Crippen molar-refractivity contribution in [2.75, 3.05) is 52.0 Å². The second-order valence-electron chi connectivity index (χ2n) is 8.93. The number of amides is 3. The fourth-order valence-corrected chi connectivity index (χ4v) is 4.93. The predicted octanol–water partition coefficient (Wildman–Crippen LogP) is 4.45. The molecule has 3 amide bonds. The van der Waals surface area contributed by atoms with E-state index < -0.39 is 6.09 Å². The first kappa shape index (κ1) is 25.6.